The maximum Gasteiger partial charge on any atom is 0.271 e. The molecule has 1 saturated carbocycles. The summed E-state index contributed by atoms with van der Waals surface area (Å²) in [4.78, 5) is 16.5. The van der Waals surface area contributed by atoms with Crippen LogP contribution in [0.1, 0.15) is 36.2 Å². The normalized spacial score (nSPS) is 21.9. The number of hydrogen-bond donors (Lipinski definition) is 3. The number of amides is 1. The molecule has 1 saturated heterocycles. The van der Waals surface area contributed by atoms with Crippen molar-refractivity contribution >= 4 is 5.91 Å². The Hall–Kier alpha value is -1.86. The van der Waals surface area contributed by atoms with E-state index in [2.05, 4.69) is 20.9 Å². The molecule has 7 heteroatoms. The van der Waals surface area contributed by atoms with Crippen molar-refractivity contribution in [3.63, 3.8) is 0 Å². The smallest absolute Gasteiger partial charge is 0.271 e. The molecule has 2 aliphatic rings. The highest BCUT2D eigenvalue weighted by Gasteiger charge is 2.21. The third kappa shape index (κ3) is 4.11. The first-order chi connectivity index (χ1) is 11.3. The number of hydrogen-bond acceptors (Lipinski definition) is 6. The van der Waals surface area contributed by atoms with Crippen LogP contribution in [0.5, 0.6) is 11.5 Å². The topological polar surface area (TPSA) is 84.5 Å². The van der Waals surface area contributed by atoms with Gasteiger partial charge in [0.25, 0.3) is 5.91 Å². The Labute approximate surface area is 136 Å². The van der Waals surface area contributed by atoms with E-state index in [0.717, 1.165) is 25.9 Å². The summed E-state index contributed by atoms with van der Waals surface area (Å²) in [7, 11) is 1.58. The average molecular weight is 320 g/mol. The highest BCUT2D eigenvalue weighted by Crippen LogP contribution is 2.31. The standard InChI is InChI=1S/C16H24N4O3/c1-22-14-9-19-12(8-13(14)23-11-4-2-3-5-11)16(21)20-15-10-17-6-7-18-15/h8-9,11,15,17-18H,2-7,10H2,1H3,(H,20,21). The molecule has 3 rings (SSSR count). The van der Waals surface area contributed by atoms with Gasteiger partial charge in [-0.25, -0.2) is 4.98 Å². The van der Waals surface area contributed by atoms with Crippen molar-refractivity contribution in [1.29, 1.82) is 0 Å². The van der Waals surface area contributed by atoms with E-state index >= 15 is 0 Å². The molecular formula is C16H24N4O3. The van der Waals surface area contributed by atoms with Crippen LogP contribution in [0.15, 0.2) is 12.3 Å². The van der Waals surface area contributed by atoms with Crippen LogP contribution < -0.4 is 25.4 Å². The summed E-state index contributed by atoms with van der Waals surface area (Å²) >= 11 is 0. The van der Waals surface area contributed by atoms with Gasteiger partial charge < -0.3 is 20.1 Å². The molecule has 1 aliphatic carbocycles. The lowest BCUT2D eigenvalue weighted by Gasteiger charge is -2.25. The van der Waals surface area contributed by atoms with Gasteiger partial charge in [-0.05, 0) is 25.7 Å². The van der Waals surface area contributed by atoms with Crippen LogP contribution in [0, 0.1) is 0 Å². The number of carbonyl (C=O) groups excluding carboxylic acids is 1. The van der Waals surface area contributed by atoms with Crippen molar-refractivity contribution in [2.24, 2.45) is 0 Å². The SMILES string of the molecule is COc1cnc(C(=O)NC2CNCCN2)cc1OC1CCCC1. The molecule has 0 aromatic carbocycles. The summed E-state index contributed by atoms with van der Waals surface area (Å²) in [5.74, 6) is 0.935. The number of ether oxygens (including phenoxy) is 2. The van der Waals surface area contributed by atoms with Crippen LogP contribution in [-0.4, -0.2) is 49.9 Å². The minimum Gasteiger partial charge on any atom is -0.491 e. The van der Waals surface area contributed by atoms with Gasteiger partial charge in [-0.3, -0.25) is 10.1 Å². The van der Waals surface area contributed by atoms with Crippen LogP contribution in [0.4, 0.5) is 0 Å². The number of piperazine rings is 1. The van der Waals surface area contributed by atoms with Crippen molar-refractivity contribution < 1.29 is 14.3 Å². The predicted octanol–water partition coefficient (Wildman–Crippen LogP) is 0.660. The molecule has 3 N–H and O–H groups in total. The summed E-state index contributed by atoms with van der Waals surface area (Å²) < 4.78 is 11.3. The molecular weight excluding hydrogens is 296 g/mol. The second-order valence-electron chi connectivity index (χ2n) is 5.93. The fourth-order valence-corrected chi connectivity index (χ4v) is 2.97. The molecule has 126 valence electrons. The van der Waals surface area contributed by atoms with Crippen LogP contribution >= 0.6 is 0 Å². The Morgan fingerprint density at radius 1 is 1.30 bits per heavy atom. The molecule has 1 aromatic heterocycles. The fraction of sp³-hybridized carbons (Fsp3) is 0.625. The number of pyridine rings is 1. The van der Waals surface area contributed by atoms with Crippen molar-refractivity contribution in [2.75, 3.05) is 26.7 Å². The number of carbonyl (C=O) groups is 1. The van der Waals surface area contributed by atoms with Gasteiger partial charge in [0, 0.05) is 25.7 Å². The van der Waals surface area contributed by atoms with Crippen molar-refractivity contribution in [3.8, 4) is 11.5 Å². The van der Waals surface area contributed by atoms with E-state index in [4.69, 9.17) is 9.47 Å². The molecule has 1 amide bonds. The number of nitrogens with zero attached hydrogens (tertiary/aromatic N) is 1. The largest absolute Gasteiger partial charge is 0.491 e. The molecule has 2 heterocycles. The molecule has 0 bridgehead atoms. The van der Waals surface area contributed by atoms with E-state index in [1.54, 1.807) is 19.4 Å². The fourth-order valence-electron chi connectivity index (χ4n) is 2.97. The molecule has 1 unspecified atom stereocenters. The third-order valence-corrected chi connectivity index (χ3v) is 4.23. The van der Waals surface area contributed by atoms with E-state index in [1.165, 1.54) is 12.8 Å². The Bertz CT molecular complexity index is 540. The quantitative estimate of drug-likeness (QED) is 0.739. The zero-order chi connectivity index (χ0) is 16.1. The Balaban J connectivity index is 1.69. The van der Waals surface area contributed by atoms with Crippen LogP contribution in [-0.2, 0) is 0 Å². The zero-order valence-electron chi connectivity index (χ0n) is 13.4. The second kappa shape index (κ2) is 7.61. The van der Waals surface area contributed by atoms with Crippen LogP contribution in [0.2, 0.25) is 0 Å². The van der Waals surface area contributed by atoms with E-state index in [0.29, 0.717) is 23.7 Å². The molecule has 0 spiro atoms. The van der Waals surface area contributed by atoms with Gasteiger partial charge in [0.1, 0.15) is 5.69 Å². The third-order valence-electron chi connectivity index (χ3n) is 4.23. The van der Waals surface area contributed by atoms with E-state index in [9.17, 15) is 4.79 Å². The highest BCUT2D eigenvalue weighted by atomic mass is 16.5. The number of aromatic nitrogens is 1. The van der Waals surface area contributed by atoms with Gasteiger partial charge >= 0.3 is 0 Å². The molecule has 2 fully saturated rings. The van der Waals surface area contributed by atoms with E-state index < -0.39 is 0 Å². The van der Waals surface area contributed by atoms with Gasteiger partial charge in [-0.2, -0.15) is 0 Å². The summed E-state index contributed by atoms with van der Waals surface area (Å²) in [6, 6.07) is 1.67. The highest BCUT2D eigenvalue weighted by molar-refractivity contribution is 5.93. The average Bonchev–Trinajstić information content (AvgIpc) is 3.09. The molecule has 1 atom stereocenters. The molecule has 1 aliphatic heterocycles. The first kappa shape index (κ1) is 16.0. The Morgan fingerprint density at radius 3 is 2.83 bits per heavy atom. The maximum absolute atomic E-state index is 12.4. The molecule has 1 aromatic rings. The van der Waals surface area contributed by atoms with Crippen molar-refractivity contribution in [1.82, 2.24) is 20.9 Å². The number of methoxy groups -OCH3 is 1. The first-order valence-corrected chi connectivity index (χ1v) is 8.22. The van der Waals surface area contributed by atoms with Crippen LogP contribution in [0.25, 0.3) is 0 Å². The van der Waals surface area contributed by atoms with Crippen molar-refractivity contribution in [3.05, 3.63) is 18.0 Å². The zero-order valence-corrected chi connectivity index (χ0v) is 13.4. The first-order valence-electron chi connectivity index (χ1n) is 8.22. The predicted molar refractivity (Wildman–Crippen MR) is 85.8 cm³/mol. The van der Waals surface area contributed by atoms with Gasteiger partial charge in [0.05, 0.1) is 25.6 Å². The van der Waals surface area contributed by atoms with Gasteiger partial charge in [-0.15, -0.1) is 0 Å². The van der Waals surface area contributed by atoms with E-state index in [1.807, 2.05) is 0 Å². The summed E-state index contributed by atoms with van der Waals surface area (Å²) in [6.45, 7) is 2.44. The lowest BCUT2D eigenvalue weighted by Crippen LogP contribution is -2.57. The van der Waals surface area contributed by atoms with E-state index in [-0.39, 0.29) is 18.2 Å². The summed E-state index contributed by atoms with van der Waals surface area (Å²) in [5, 5.41) is 9.39. The second-order valence-corrected chi connectivity index (χ2v) is 5.93. The lowest BCUT2D eigenvalue weighted by molar-refractivity contribution is 0.0918. The monoisotopic (exact) mass is 320 g/mol. The number of nitrogens with one attached hydrogen (secondary N) is 3. The Morgan fingerprint density at radius 2 is 2.13 bits per heavy atom. The van der Waals surface area contributed by atoms with Gasteiger partial charge in [-0.1, -0.05) is 0 Å². The molecule has 0 radical (unpaired) electrons. The van der Waals surface area contributed by atoms with Crippen molar-refractivity contribution in [2.45, 2.75) is 38.0 Å². The van der Waals surface area contributed by atoms with Gasteiger partial charge in [0.15, 0.2) is 11.5 Å². The summed E-state index contributed by atoms with van der Waals surface area (Å²) in [6.07, 6.45) is 6.13. The summed E-state index contributed by atoms with van der Waals surface area (Å²) in [5.41, 5.74) is 0.339. The number of rotatable bonds is 5. The van der Waals surface area contributed by atoms with Gasteiger partial charge in [0.2, 0.25) is 0 Å². The minimum atomic E-state index is -0.217. The Kier molecular flexibility index (Phi) is 5.30. The lowest BCUT2D eigenvalue weighted by atomic mass is 10.2. The molecule has 7 nitrogen and oxygen atoms in total. The van der Waals surface area contributed by atoms with Crippen LogP contribution in [0.3, 0.4) is 0 Å². The minimum absolute atomic E-state index is 0.0839. The maximum atomic E-state index is 12.4. The molecule has 23 heavy (non-hydrogen) atoms.